The summed E-state index contributed by atoms with van der Waals surface area (Å²) in [6.45, 7) is 2.52. The molecule has 7 heteroatoms. The maximum Gasteiger partial charge on any atom is 0.321 e. The molecule has 0 radical (unpaired) electrons. The zero-order valence-corrected chi connectivity index (χ0v) is 12.5. The van der Waals surface area contributed by atoms with E-state index in [2.05, 4.69) is 10.6 Å². The van der Waals surface area contributed by atoms with Crippen LogP contribution >= 0.6 is 11.6 Å². The lowest BCUT2D eigenvalue weighted by Crippen LogP contribution is -2.40. The highest BCUT2D eigenvalue weighted by molar-refractivity contribution is 6.31. The van der Waals surface area contributed by atoms with Gasteiger partial charge in [-0.15, -0.1) is 0 Å². The summed E-state index contributed by atoms with van der Waals surface area (Å²) in [7, 11) is 0. The molecule has 1 rings (SSSR count). The van der Waals surface area contributed by atoms with Crippen LogP contribution in [0.15, 0.2) is 18.2 Å². The molecule has 1 amide bonds. The predicted octanol–water partition coefficient (Wildman–Crippen LogP) is 2.22. The SMILES string of the molecule is CCCCN[C@@H](CC(=O)Nc1cc(Cl)ccc1O)C(=O)O. The second-order valence-corrected chi connectivity index (χ2v) is 5.05. The zero-order valence-electron chi connectivity index (χ0n) is 11.7. The van der Waals surface area contributed by atoms with Gasteiger partial charge in [0.1, 0.15) is 11.8 Å². The number of anilines is 1. The molecule has 6 nitrogen and oxygen atoms in total. The van der Waals surface area contributed by atoms with Crippen molar-refractivity contribution in [3.05, 3.63) is 23.2 Å². The quantitative estimate of drug-likeness (QED) is 0.435. The topological polar surface area (TPSA) is 98.7 Å². The minimum Gasteiger partial charge on any atom is -0.506 e. The number of benzene rings is 1. The van der Waals surface area contributed by atoms with Gasteiger partial charge in [0.15, 0.2) is 0 Å². The Morgan fingerprint density at radius 2 is 2.10 bits per heavy atom. The standard InChI is InChI=1S/C14H19ClN2O4/c1-2-3-6-16-11(14(20)21)8-13(19)17-10-7-9(15)4-5-12(10)18/h4-5,7,11,16,18H,2-3,6,8H2,1H3,(H,17,19)(H,20,21)/t11-/m0/s1. The highest BCUT2D eigenvalue weighted by Crippen LogP contribution is 2.26. The van der Waals surface area contributed by atoms with Crippen LogP contribution in [0.2, 0.25) is 5.02 Å². The molecule has 4 N–H and O–H groups in total. The molecule has 0 bridgehead atoms. The lowest BCUT2D eigenvalue weighted by Gasteiger charge is -2.14. The van der Waals surface area contributed by atoms with E-state index in [1.807, 2.05) is 6.92 Å². The molecule has 1 aromatic rings. The van der Waals surface area contributed by atoms with E-state index in [1.165, 1.54) is 18.2 Å². The van der Waals surface area contributed by atoms with Crippen LogP contribution in [0.5, 0.6) is 5.75 Å². The van der Waals surface area contributed by atoms with Gasteiger partial charge >= 0.3 is 5.97 Å². The van der Waals surface area contributed by atoms with Crippen LogP contribution in [0.25, 0.3) is 0 Å². The minimum atomic E-state index is -1.09. The summed E-state index contributed by atoms with van der Waals surface area (Å²) in [5, 5.41) is 24.3. The Hall–Kier alpha value is -1.79. The number of rotatable bonds is 8. The number of aliphatic carboxylic acids is 1. The van der Waals surface area contributed by atoms with E-state index >= 15 is 0 Å². The highest BCUT2D eigenvalue weighted by atomic mass is 35.5. The average Bonchev–Trinajstić information content (AvgIpc) is 2.42. The minimum absolute atomic E-state index is 0.126. The molecule has 0 saturated heterocycles. The Morgan fingerprint density at radius 3 is 2.71 bits per heavy atom. The van der Waals surface area contributed by atoms with Crippen molar-refractivity contribution < 1.29 is 19.8 Å². The van der Waals surface area contributed by atoms with Crippen LogP contribution in [0.3, 0.4) is 0 Å². The Bertz CT molecular complexity index is 508. The van der Waals surface area contributed by atoms with Crippen molar-refractivity contribution in [2.45, 2.75) is 32.2 Å². The van der Waals surface area contributed by atoms with Gasteiger partial charge in [-0.3, -0.25) is 9.59 Å². The van der Waals surface area contributed by atoms with Crippen molar-refractivity contribution in [3.8, 4) is 5.75 Å². The summed E-state index contributed by atoms with van der Waals surface area (Å²) in [6, 6.07) is 3.28. The number of hydrogen-bond acceptors (Lipinski definition) is 4. The normalized spacial score (nSPS) is 11.9. The van der Waals surface area contributed by atoms with E-state index in [9.17, 15) is 14.7 Å². The van der Waals surface area contributed by atoms with Gasteiger partial charge in [0.05, 0.1) is 12.1 Å². The number of carbonyl (C=O) groups excluding carboxylic acids is 1. The van der Waals surface area contributed by atoms with Crippen LogP contribution < -0.4 is 10.6 Å². The molecule has 0 saturated carbocycles. The molecule has 0 heterocycles. The Kier molecular flexibility index (Phi) is 6.98. The van der Waals surface area contributed by atoms with Crippen LogP contribution in [0.4, 0.5) is 5.69 Å². The summed E-state index contributed by atoms with van der Waals surface area (Å²) in [4.78, 5) is 22.9. The van der Waals surface area contributed by atoms with Crippen molar-refractivity contribution in [2.75, 3.05) is 11.9 Å². The molecule has 0 aliphatic carbocycles. The Labute approximate surface area is 128 Å². The molecule has 0 aromatic heterocycles. The van der Waals surface area contributed by atoms with Gasteiger partial charge in [0.2, 0.25) is 5.91 Å². The third kappa shape index (κ3) is 6.01. The van der Waals surface area contributed by atoms with E-state index in [0.717, 1.165) is 12.8 Å². The number of carbonyl (C=O) groups is 2. The van der Waals surface area contributed by atoms with Crippen molar-refractivity contribution in [1.29, 1.82) is 0 Å². The number of hydrogen-bond donors (Lipinski definition) is 4. The van der Waals surface area contributed by atoms with Gasteiger partial charge in [-0.05, 0) is 31.2 Å². The lowest BCUT2D eigenvalue weighted by molar-refractivity contribution is -0.141. The number of halogens is 1. The number of aromatic hydroxyl groups is 1. The van der Waals surface area contributed by atoms with Crippen LogP contribution in [-0.2, 0) is 9.59 Å². The molecule has 116 valence electrons. The number of phenolic OH excluding ortho intramolecular Hbond substituents is 1. The second-order valence-electron chi connectivity index (χ2n) is 4.61. The summed E-state index contributed by atoms with van der Waals surface area (Å²) < 4.78 is 0. The second kappa shape index (κ2) is 8.49. The van der Waals surface area contributed by atoms with E-state index in [1.54, 1.807) is 0 Å². The molecule has 0 fully saturated rings. The summed E-state index contributed by atoms with van der Waals surface area (Å²) in [5.74, 6) is -1.72. The van der Waals surface area contributed by atoms with Gasteiger partial charge in [-0.1, -0.05) is 24.9 Å². The molecular formula is C14H19ClN2O4. The van der Waals surface area contributed by atoms with E-state index in [-0.39, 0.29) is 17.9 Å². The van der Waals surface area contributed by atoms with E-state index in [4.69, 9.17) is 16.7 Å². The number of phenols is 1. The molecule has 21 heavy (non-hydrogen) atoms. The lowest BCUT2D eigenvalue weighted by atomic mass is 10.2. The first kappa shape index (κ1) is 17.3. The fourth-order valence-electron chi connectivity index (χ4n) is 1.69. The van der Waals surface area contributed by atoms with Crippen LogP contribution in [0, 0.1) is 0 Å². The molecule has 0 unspecified atom stereocenters. The largest absolute Gasteiger partial charge is 0.506 e. The van der Waals surface area contributed by atoms with Crippen molar-refractivity contribution >= 4 is 29.2 Å². The van der Waals surface area contributed by atoms with Crippen molar-refractivity contribution in [1.82, 2.24) is 5.32 Å². The number of carboxylic acids is 1. The number of nitrogens with one attached hydrogen (secondary N) is 2. The molecule has 1 atom stereocenters. The third-order valence-electron chi connectivity index (χ3n) is 2.84. The highest BCUT2D eigenvalue weighted by Gasteiger charge is 2.21. The monoisotopic (exact) mass is 314 g/mol. The smallest absolute Gasteiger partial charge is 0.321 e. The first-order valence-electron chi connectivity index (χ1n) is 6.68. The molecule has 0 aliphatic heterocycles. The summed E-state index contributed by atoms with van der Waals surface area (Å²) in [5.41, 5.74) is 0.158. The van der Waals surface area contributed by atoms with Crippen molar-refractivity contribution in [3.63, 3.8) is 0 Å². The Morgan fingerprint density at radius 1 is 1.38 bits per heavy atom. The molecule has 1 aromatic carbocycles. The average molecular weight is 315 g/mol. The maximum absolute atomic E-state index is 11.9. The van der Waals surface area contributed by atoms with Gasteiger partial charge in [0.25, 0.3) is 0 Å². The molecule has 0 spiro atoms. The summed E-state index contributed by atoms with van der Waals surface area (Å²) >= 11 is 5.77. The van der Waals surface area contributed by atoms with E-state index in [0.29, 0.717) is 11.6 Å². The number of amides is 1. The first-order chi connectivity index (χ1) is 9.93. The zero-order chi connectivity index (χ0) is 15.8. The van der Waals surface area contributed by atoms with Gasteiger partial charge in [0, 0.05) is 5.02 Å². The van der Waals surface area contributed by atoms with E-state index < -0.39 is 17.9 Å². The van der Waals surface area contributed by atoms with Gasteiger partial charge in [-0.25, -0.2) is 0 Å². The fraction of sp³-hybridized carbons (Fsp3) is 0.429. The van der Waals surface area contributed by atoms with Gasteiger partial charge < -0.3 is 20.8 Å². The predicted molar refractivity (Wildman–Crippen MR) is 80.7 cm³/mol. The fourth-order valence-corrected chi connectivity index (χ4v) is 1.87. The Balaban J connectivity index is 2.61. The number of unbranched alkanes of at least 4 members (excludes halogenated alkanes) is 1. The maximum atomic E-state index is 11.9. The van der Waals surface area contributed by atoms with Crippen LogP contribution in [0.1, 0.15) is 26.2 Å². The summed E-state index contributed by atoms with van der Waals surface area (Å²) in [6.07, 6.45) is 1.54. The molecular weight excluding hydrogens is 296 g/mol. The first-order valence-corrected chi connectivity index (χ1v) is 7.06. The molecule has 0 aliphatic rings. The van der Waals surface area contributed by atoms with Crippen LogP contribution in [-0.4, -0.2) is 34.7 Å². The third-order valence-corrected chi connectivity index (χ3v) is 3.08. The van der Waals surface area contributed by atoms with Gasteiger partial charge in [-0.2, -0.15) is 0 Å². The van der Waals surface area contributed by atoms with Crippen molar-refractivity contribution in [2.24, 2.45) is 0 Å². The number of carboxylic acid groups (broad SMARTS) is 1.